The van der Waals surface area contributed by atoms with Crippen molar-refractivity contribution in [3.05, 3.63) is 68.9 Å². The van der Waals surface area contributed by atoms with E-state index in [1.807, 2.05) is 0 Å². The minimum absolute atomic E-state index is 0.0690. The van der Waals surface area contributed by atoms with Gasteiger partial charge in [-0.2, -0.15) is 19.6 Å². The lowest BCUT2D eigenvalue weighted by atomic mass is 10.1. The Bertz CT molecular complexity index is 1550. The van der Waals surface area contributed by atoms with Gasteiger partial charge in [0.2, 0.25) is 11.8 Å². The van der Waals surface area contributed by atoms with Crippen molar-refractivity contribution in [1.82, 2.24) is 29.5 Å². The van der Waals surface area contributed by atoms with Crippen molar-refractivity contribution in [3.63, 3.8) is 0 Å². The summed E-state index contributed by atoms with van der Waals surface area (Å²) in [6.45, 7) is 0. The van der Waals surface area contributed by atoms with E-state index in [0.717, 1.165) is 12.8 Å². The molecule has 168 valence electrons. The lowest BCUT2D eigenvalue weighted by Gasteiger charge is -2.15. The molecule has 12 nitrogen and oxygen atoms in total. The van der Waals surface area contributed by atoms with Crippen molar-refractivity contribution >= 4 is 23.6 Å². The molecule has 3 aromatic heterocycles. The molecule has 1 fully saturated rings. The number of hydrogen-bond acceptors (Lipinski definition) is 8. The Morgan fingerprint density at radius 1 is 1.30 bits per heavy atom. The van der Waals surface area contributed by atoms with Crippen molar-refractivity contribution in [1.29, 1.82) is 0 Å². The Balaban J connectivity index is 1.66. The largest absolute Gasteiger partial charge is 0.493 e. The van der Waals surface area contributed by atoms with Gasteiger partial charge in [-0.25, -0.2) is 19.0 Å². The molecule has 5 rings (SSSR count). The van der Waals surface area contributed by atoms with Crippen LogP contribution in [0.1, 0.15) is 30.1 Å². The first kappa shape index (κ1) is 20.4. The minimum Gasteiger partial charge on any atom is -0.493 e. The smallest absolute Gasteiger partial charge is 0.331 e. The Hall–Kier alpha value is -4.55. The molecule has 0 aliphatic heterocycles. The van der Waals surface area contributed by atoms with Gasteiger partial charge in [0.05, 0.1) is 12.2 Å². The van der Waals surface area contributed by atoms with Gasteiger partial charge in [-0.3, -0.25) is 4.98 Å². The number of benzene rings is 1. The Labute approximate surface area is 183 Å². The number of hydrogen-bond donors (Lipinski definition) is 5. The number of imidazole rings is 1. The van der Waals surface area contributed by atoms with Crippen LogP contribution in [0.4, 0.5) is 10.3 Å². The van der Waals surface area contributed by atoms with E-state index < -0.39 is 23.5 Å². The van der Waals surface area contributed by atoms with E-state index in [0.29, 0.717) is 5.22 Å². The number of aromatic amines is 2. The van der Waals surface area contributed by atoms with Crippen molar-refractivity contribution in [3.8, 4) is 5.88 Å². The molecule has 1 unspecified atom stereocenters. The quantitative estimate of drug-likeness (QED) is 0.268. The Kier molecular flexibility index (Phi) is 4.84. The SMILES string of the molecule is O=C(O)C(Nc1nc(=NC2CC2)n2nc/c(=C\c3[nH]c(=O)[nH]c3O)c2n1)c1ccccc1F. The maximum absolute atomic E-state index is 14.3. The zero-order valence-corrected chi connectivity index (χ0v) is 16.9. The van der Waals surface area contributed by atoms with Gasteiger partial charge in [0.15, 0.2) is 11.7 Å². The topological polar surface area (TPSA) is 174 Å². The van der Waals surface area contributed by atoms with E-state index in [4.69, 9.17) is 0 Å². The molecule has 0 spiro atoms. The summed E-state index contributed by atoms with van der Waals surface area (Å²) in [5, 5.41) is 26.9. The third-order valence-corrected chi connectivity index (χ3v) is 4.99. The number of nitrogens with one attached hydrogen (secondary N) is 3. The Morgan fingerprint density at radius 2 is 2.09 bits per heavy atom. The van der Waals surface area contributed by atoms with Gasteiger partial charge in [-0.15, -0.1) is 0 Å². The van der Waals surface area contributed by atoms with Crippen molar-refractivity contribution in [2.75, 3.05) is 5.32 Å². The molecule has 1 atom stereocenters. The van der Waals surface area contributed by atoms with Crippen LogP contribution in [0.2, 0.25) is 0 Å². The van der Waals surface area contributed by atoms with Crippen LogP contribution >= 0.6 is 0 Å². The second-order valence-corrected chi connectivity index (χ2v) is 7.47. The number of fused-ring (bicyclic) bond motifs is 1. The molecule has 0 bridgehead atoms. The van der Waals surface area contributed by atoms with Gasteiger partial charge >= 0.3 is 11.7 Å². The number of rotatable bonds is 6. The molecule has 0 saturated heterocycles. The van der Waals surface area contributed by atoms with Crippen LogP contribution in [-0.2, 0) is 4.79 Å². The molecular formula is C20H17FN8O4. The molecule has 5 N–H and O–H groups in total. The number of halogens is 1. The number of aromatic hydroxyl groups is 1. The number of aromatic nitrogens is 6. The predicted molar refractivity (Wildman–Crippen MR) is 112 cm³/mol. The van der Waals surface area contributed by atoms with Crippen LogP contribution in [0.3, 0.4) is 0 Å². The summed E-state index contributed by atoms with van der Waals surface area (Å²) in [5.74, 6) is -2.47. The van der Waals surface area contributed by atoms with Crippen LogP contribution in [-0.4, -0.2) is 51.8 Å². The molecule has 4 aromatic rings. The number of H-pyrrole nitrogens is 2. The van der Waals surface area contributed by atoms with Crippen molar-refractivity contribution in [2.45, 2.75) is 24.9 Å². The Morgan fingerprint density at radius 3 is 2.76 bits per heavy atom. The maximum atomic E-state index is 14.3. The summed E-state index contributed by atoms with van der Waals surface area (Å²) in [7, 11) is 0. The molecule has 1 aliphatic carbocycles. The van der Waals surface area contributed by atoms with Crippen molar-refractivity contribution < 1.29 is 19.4 Å². The van der Waals surface area contributed by atoms with Gasteiger partial charge in [-0.1, -0.05) is 18.2 Å². The summed E-state index contributed by atoms with van der Waals surface area (Å²) in [6.07, 6.45) is 4.66. The number of carboxylic acids is 1. The van der Waals surface area contributed by atoms with Crippen LogP contribution < -0.4 is 21.8 Å². The van der Waals surface area contributed by atoms with Crippen LogP contribution in [0.15, 0.2) is 40.2 Å². The summed E-state index contributed by atoms with van der Waals surface area (Å²) in [5.41, 5.74) is -0.131. The molecule has 13 heteroatoms. The highest BCUT2D eigenvalue weighted by Crippen LogP contribution is 2.23. The third kappa shape index (κ3) is 4.03. The van der Waals surface area contributed by atoms with E-state index in [2.05, 4.69) is 35.3 Å². The van der Waals surface area contributed by atoms with Gasteiger partial charge in [0, 0.05) is 10.8 Å². The predicted octanol–water partition coefficient (Wildman–Crippen LogP) is -0.166. The fraction of sp³-hybridized carbons (Fsp3) is 0.200. The highest BCUT2D eigenvalue weighted by Gasteiger charge is 2.25. The highest BCUT2D eigenvalue weighted by atomic mass is 19.1. The summed E-state index contributed by atoms with van der Waals surface area (Å²) in [4.78, 5) is 41.1. The molecule has 3 heterocycles. The number of carboxylic acid groups (broad SMARTS) is 1. The van der Waals surface area contributed by atoms with Crippen LogP contribution in [0.5, 0.6) is 5.88 Å². The molecule has 33 heavy (non-hydrogen) atoms. The number of anilines is 1. The summed E-state index contributed by atoms with van der Waals surface area (Å²) in [6, 6.07) is 4.13. The fourth-order valence-corrected chi connectivity index (χ4v) is 3.26. The van der Waals surface area contributed by atoms with Gasteiger partial charge in [-0.05, 0) is 25.0 Å². The first-order valence-corrected chi connectivity index (χ1v) is 9.95. The molecule has 0 radical (unpaired) electrons. The van der Waals surface area contributed by atoms with Gasteiger partial charge < -0.3 is 20.5 Å². The second-order valence-electron chi connectivity index (χ2n) is 7.47. The van der Waals surface area contributed by atoms with E-state index in [-0.39, 0.29) is 40.4 Å². The van der Waals surface area contributed by atoms with E-state index in [1.54, 1.807) is 0 Å². The zero-order chi connectivity index (χ0) is 23.1. The van der Waals surface area contributed by atoms with Crippen molar-refractivity contribution in [2.24, 2.45) is 4.99 Å². The molecule has 1 saturated carbocycles. The van der Waals surface area contributed by atoms with Gasteiger partial charge in [0.1, 0.15) is 11.5 Å². The number of nitrogens with zero attached hydrogens (tertiary/aromatic N) is 5. The van der Waals surface area contributed by atoms with Gasteiger partial charge in [0.25, 0.3) is 5.62 Å². The molecular weight excluding hydrogens is 435 g/mol. The lowest BCUT2D eigenvalue weighted by Crippen LogP contribution is -2.28. The minimum atomic E-state index is -1.46. The maximum Gasteiger partial charge on any atom is 0.331 e. The number of carbonyl (C=O) groups is 1. The number of aliphatic carboxylic acids is 1. The third-order valence-electron chi connectivity index (χ3n) is 4.99. The van der Waals surface area contributed by atoms with E-state index in [1.165, 1.54) is 41.1 Å². The monoisotopic (exact) mass is 452 g/mol. The standard InChI is InChI=1S/C20H17FN8O4/c21-12-4-2-1-3-11(12)14(17(31)32)25-18-26-15-9(7-13-16(30)27-20(33)24-13)8-22-29(15)19(28-18)23-10-5-6-10/h1-4,7-8,10,14,30H,5-6H2,(H,31,32)(H,23,25,28)(H2,24,27,33)/b9-7+. The zero-order valence-electron chi connectivity index (χ0n) is 16.9. The average molecular weight is 452 g/mol. The normalized spacial score (nSPS) is 15.8. The van der Waals surface area contributed by atoms with Crippen LogP contribution in [0.25, 0.3) is 11.7 Å². The van der Waals surface area contributed by atoms with E-state index >= 15 is 0 Å². The average Bonchev–Trinajstić information content (AvgIpc) is 3.41. The van der Waals surface area contributed by atoms with E-state index in [9.17, 15) is 24.2 Å². The highest BCUT2D eigenvalue weighted by molar-refractivity contribution is 5.78. The molecule has 0 amide bonds. The second kappa shape index (κ2) is 7.85. The molecule has 1 aliphatic rings. The first-order valence-electron chi connectivity index (χ1n) is 9.95. The summed E-state index contributed by atoms with van der Waals surface area (Å²) < 4.78 is 15.6. The fourth-order valence-electron chi connectivity index (χ4n) is 3.26. The summed E-state index contributed by atoms with van der Waals surface area (Å²) >= 11 is 0. The molecule has 1 aromatic carbocycles. The van der Waals surface area contributed by atoms with Crippen LogP contribution in [0, 0.1) is 5.82 Å². The lowest BCUT2D eigenvalue weighted by molar-refractivity contribution is -0.138. The first-order chi connectivity index (χ1) is 15.9.